The van der Waals surface area contributed by atoms with Crippen LogP contribution in [-0.4, -0.2) is 23.9 Å². The Kier molecular flexibility index (Phi) is 4.37. The molecule has 0 aliphatic heterocycles. The van der Waals surface area contributed by atoms with Crippen molar-refractivity contribution in [1.82, 2.24) is 4.90 Å². The maximum absolute atomic E-state index is 13.0. The Labute approximate surface area is 99.5 Å². The molecule has 2 nitrogen and oxygen atoms in total. The van der Waals surface area contributed by atoms with Gasteiger partial charge < -0.3 is 4.90 Å². The van der Waals surface area contributed by atoms with Gasteiger partial charge in [-0.05, 0) is 32.0 Å². The van der Waals surface area contributed by atoms with Gasteiger partial charge in [-0.2, -0.15) is 0 Å². The molecule has 0 bridgehead atoms. The van der Waals surface area contributed by atoms with E-state index in [1.165, 1.54) is 11.0 Å². The molecule has 0 spiro atoms. The number of hydrogen-bond donors (Lipinski definition) is 0. The number of carbonyl (C=O) groups is 1. The van der Waals surface area contributed by atoms with Gasteiger partial charge >= 0.3 is 0 Å². The van der Waals surface area contributed by atoms with E-state index in [1.807, 2.05) is 6.92 Å². The van der Waals surface area contributed by atoms with Crippen molar-refractivity contribution in [3.63, 3.8) is 0 Å². The molecule has 0 aromatic heterocycles. The summed E-state index contributed by atoms with van der Waals surface area (Å²) in [6.45, 7) is 8.25. The molecular weight excluding hydrogens is 224 g/mol. The first-order chi connectivity index (χ1) is 7.95. The third kappa shape index (κ3) is 3.37. The molecule has 4 heteroatoms. The summed E-state index contributed by atoms with van der Waals surface area (Å²) >= 11 is 0. The fourth-order valence-corrected chi connectivity index (χ4v) is 1.46. The van der Waals surface area contributed by atoms with Gasteiger partial charge in [0.15, 0.2) is 11.6 Å². The van der Waals surface area contributed by atoms with Crippen LogP contribution >= 0.6 is 0 Å². The maximum Gasteiger partial charge on any atom is 0.254 e. The van der Waals surface area contributed by atoms with Crippen molar-refractivity contribution in [2.24, 2.45) is 0 Å². The van der Waals surface area contributed by atoms with Gasteiger partial charge in [0.05, 0.1) is 0 Å². The van der Waals surface area contributed by atoms with E-state index in [0.29, 0.717) is 13.1 Å². The Morgan fingerprint density at radius 2 is 2.00 bits per heavy atom. The van der Waals surface area contributed by atoms with Crippen LogP contribution < -0.4 is 0 Å². The first-order valence-electron chi connectivity index (χ1n) is 5.34. The van der Waals surface area contributed by atoms with Crippen molar-refractivity contribution >= 4 is 5.91 Å². The molecule has 0 heterocycles. The van der Waals surface area contributed by atoms with E-state index in [9.17, 15) is 13.6 Å². The number of benzene rings is 1. The Hall–Kier alpha value is -1.71. The van der Waals surface area contributed by atoms with E-state index in [4.69, 9.17) is 0 Å². The molecule has 0 aliphatic rings. The second-order valence-corrected chi connectivity index (χ2v) is 3.91. The van der Waals surface area contributed by atoms with E-state index in [-0.39, 0.29) is 11.5 Å². The van der Waals surface area contributed by atoms with Crippen LogP contribution in [-0.2, 0) is 0 Å². The minimum atomic E-state index is -1.01. The van der Waals surface area contributed by atoms with Crippen LogP contribution in [0, 0.1) is 11.6 Å². The van der Waals surface area contributed by atoms with Gasteiger partial charge in [0.1, 0.15) is 0 Å². The number of carbonyl (C=O) groups excluding carboxylic acids is 1. The Morgan fingerprint density at radius 1 is 1.35 bits per heavy atom. The molecule has 0 saturated carbocycles. The lowest BCUT2D eigenvalue weighted by atomic mass is 10.1. The molecule has 0 unspecified atom stereocenters. The monoisotopic (exact) mass is 239 g/mol. The number of likely N-dealkylation sites (N-methyl/N-ethyl adjacent to an activating group) is 1. The summed E-state index contributed by atoms with van der Waals surface area (Å²) in [4.78, 5) is 13.5. The fraction of sp³-hybridized carbons (Fsp3) is 0.308. The topological polar surface area (TPSA) is 20.3 Å². The number of amides is 1. The molecule has 0 aliphatic carbocycles. The summed E-state index contributed by atoms with van der Waals surface area (Å²) in [7, 11) is 0. The highest BCUT2D eigenvalue weighted by molar-refractivity contribution is 5.94. The highest BCUT2D eigenvalue weighted by Crippen LogP contribution is 2.11. The van der Waals surface area contributed by atoms with Crippen molar-refractivity contribution < 1.29 is 13.6 Å². The lowest BCUT2D eigenvalue weighted by molar-refractivity contribution is 0.0777. The summed E-state index contributed by atoms with van der Waals surface area (Å²) in [5.41, 5.74) is 0.981. The molecule has 0 radical (unpaired) electrons. The van der Waals surface area contributed by atoms with Crippen molar-refractivity contribution in [2.45, 2.75) is 13.8 Å². The summed E-state index contributed by atoms with van der Waals surface area (Å²) in [6.07, 6.45) is 0. The Balaban J connectivity index is 2.93. The van der Waals surface area contributed by atoms with Crippen molar-refractivity contribution in [2.75, 3.05) is 13.1 Å². The van der Waals surface area contributed by atoms with Gasteiger partial charge in [-0.15, -0.1) is 0 Å². The molecule has 17 heavy (non-hydrogen) atoms. The van der Waals surface area contributed by atoms with Gasteiger partial charge in [-0.1, -0.05) is 12.2 Å². The average molecular weight is 239 g/mol. The number of halogens is 2. The largest absolute Gasteiger partial charge is 0.335 e. The summed E-state index contributed by atoms with van der Waals surface area (Å²) < 4.78 is 25.7. The quantitative estimate of drug-likeness (QED) is 0.740. The zero-order chi connectivity index (χ0) is 13.0. The highest BCUT2D eigenvalue weighted by atomic mass is 19.2. The zero-order valence-corrected chi connectivity index (χ0v) is 9.96. The van der Waals surface area contributed by atoms with Crippen LogP contribution in [0.4, 0.5) is 8.78 Å². The molecule has 0 atom stereocenters. The Morgan fingerprint density at radius 3 is 2.47 bits per heavy atom. The third-order valence-electron chi connectivity index (χ3n) is 2.30. The van der Waals surface area contributed by atoms with Crippen molar-refractivity contribution in [3.05, 3.63) is 47.5 Å². The predicted molar refractivity (Wildman–Crippen MR) is 62.7 cm³/mol. The molecule has 92 valence electrons. The van der Waals surface area contributed by atoms with Crippen molar-refractivity contribution in [1.29, 1.82) is 0 Å². The summed E-state index contributed by atoms with van der Waals surface area (Å²) in [5, 5.41) is 0. The van der Waals surface area contributed by atoms with Gasteiger partial charge in [0, 0.05) is 18.7 Å². The van der Waals surface area contributed by atoms with Gasteiger partial charge in [0.2, 0.25) is 0 Å². The highest BCUT2D eigenvalue weighted by Gasteiger charge is 2.15. The van der Waals surface area contributed by atoms with Crippen LogP contribution in [0.3, 0.4) is 0 Å². The van der Waals surface area contributed by atoms with Gasteiger partial charge in [-0.25, -0.2) is 8.78 Å². The normalized spacial score (nSPS) is 10.1. The SMILES string of the molecule is C=C(C)CN(CC)C(=O)c1ccc(F)c(F)c1. The third-order valence-corrected chi connectivity index (χ3v) is 2.30. The van der Waals surface area contributed by atoms with Crippen LogP contribution in [0.1, 0.15) is 24.2 Å². The van der Waals surface area contributed by atoms with Crippen LogP contribution in [0.15, 0.2) is 30.4 Å². The smallest absolute Gasteiger partial charge is 0.254 e. The number of hydrogen-bond acceptors (Lipinski definition) is 1. The predicted octanol–water partition coefficient (Wildman–Crippen LogP) is 3.00. The lowest BCUT2D eigenvalue weighted by Gasteiger charge is -2.21. The molecule has 1 aromatic carbocycles. The second kappa shape index (κ2) is 5.57. The van der Waals surface area contributed by atoms with E-state index in [2.05, 4.69) is 6.58 Å². The second-order valence-electron chi connectivity index (χ2n) is 3.91. The average Bonchev–Trinajstić information content (AvgIpc) is 2.28. The van der Waals surface area contributed by atoms with Crippen LogP contribution in [0.25, 0.3) is 0 Å². The molecule has 1 rings (SSSR count). The van der Waals surface area contributed by atoms with Crippen molar-refractivity contribution in [3.8, 4) is 0 Å². The minimum absolute atomic E-state index is 0.145. The lowest BCUT2D eigenvalue weighted by Crippen LogP contribution is -2.32. The summed E-state index contributed by atoms with van der Waals surface area (Å²) in [5.74, 6) is -2.29. The van der Waals surface area contributed by atoms with E-state index >= 15 is 0 Å². The van der Waals surface area contributed by atoms with Crippen LogP contribution in [0.2, 0.25) is 0 Å². The first kappa shape index (κ1) is 13.4. The molecule has 0 saturated heterocycles. The van der Waals surface area contributed by atoms with E-state index < -0.39 is 11.6 Å². The van der Waals surface area contributed by atoms with E-state index in [1.54, 1.807) is 6.92 Å². The first-order valence-corrected chi connectivity index (χ1v) is 5.34. The standard InChI is InChI=1S/C13H15F2NO/c1-4-16(8-9(2)3)13(17)10-5-6-11(14)12(15)7-10/h5-7H,2,4,8H2,1,3H3. The molecular formula is C13H15F2NO. The maximum atomic E-state index is 13.0. The zero-order valence-electron chi connectivity index (χ0n) is 9.96. The molecule has 1 amide bonds. The minimum Gasteiger partial charge on any atom is -0.335 e. The van der Waals surface area contributed by atoms with Gasteiger partial charge in [-0.3, -0.25) is 4.79 Å². The van der Waals surface area contributed by atoms with Crippen LogP contribution in [0.5, 0.6) is 0 Å². The van der Waals surface area contributed by atoms with E-state index in [0.717, 1.165) is 17.7 Å². The molecule has 1 aromatic rings. The molecule has 0 fully saturated rings. The molecule has 0 N–H and O–H groups in total. The number of nitrogens with zero attached hydrogens (tertiary/aromatic N) is 1. The Bertz CT molecular complexity index is 443. The number of rotatable bonds is 4. The van der Waals surface area contributed by atoms with Gasteiger partial charge in [0.25, 0.3) is 5.91 Å². The summed E-state index contributed by atoms with van der Waals surface area (Å²) in [6, 6.07) is 3.15. The fourth-order valence-electron chi connectivity index (χ4n) is 1.46.